The van der Waals surface area contributed by atoms with E-state index in [1.165, 1.54) is 11.1 Å². The van der Waals surface area contributed by atoms with Crippen molar-refractivity contribution in [1.29, 1.82) is 0 Å². The van der Waals surface area contributed by atoms with Gasteiger partial charge in [-0.05, 0) is 11.1 Å². The van der Waals surface area contributed by atoms with E-state index in [0.717, 1.165) is 0 Å². The second-order valence-electron chi connectivity index (χ2n) is 3.03. The molecule has 5 N–H and O–H groups in total. The Balaban J connectivity index is 0.000000195. The van der Waals surface area contributed by atoms with Crippen molar-refractivity contribution in [2.75, 3.05) is 0 Å². The summed E-state index contributed by atoms with van der Waals surface area (Å²) < 4.78 is 8.88. The molecule has 1 unspecified atom stereocenters. The second kappa shape index (κ2) is 4.70. The minimum Gasteiger partial charge on any atom is -0.321 e. The molecule has 0 amide bonds. The number of hydrogen-bond acceptors (Lipinski definition) is 2. The van der Waals surface area contributed by atoms with E-state index in [-0.39, 0.29) is 6.04 Å². The topological polar surface area (TPSA) is 104 Å². The number of fused-ring (bicyclic) bond motifs is 1. The van der Waals surface area contributed by atoms with E-state index in [1.807, 2.05) is 18.2 Å². The Morgan fingerprint density at radius 2 is 1.73 bits per heavy atom. The van der Waals surface area contributed by atoms with Crippen LogP contribution in [0.25, 0.3) is 6.08 Å². The molecule has 0 saturated heterocycles. The molecular weight excluding hydrogens is 217 g/mol. The second-order valence-corrected chi connectivity index (χ2v) is 4.05. The average Bonchev–Trinajstić information content (AvgIpc) is 2.46. The summed E-state index contributed by atoms with van der Waals surface area (Å²) in [5.74, 6) is 0. The third kappa shape index (κ3) is 4.38. The molecule has 6 heteroatoms. The molecule has 1 aliphatic rings. The number of nitrogens with two attached hydrogens (primary N) is 1. The Labute approximate surface area is 87.1 Å². The Bertz CT molecular complexity index is 404. The minimum atomic E-state index is -4.64. The first-order valence-corrected chi connectivity index (χ1v) is 5.75. The zero-order chi connectivity index (χ0) is 11.5. The van der Waals surface area contributed by atoms with Gasteiger partial charge in [0.1, 0.15) is 0 Å². The van der Waals surface area contributed by atoms with Crippen LogP contribution in [0, 0.1) is 0 Å². The van der Waals surface area contributed by atoms with Gasteiger partial charge in [0.05, 0.1) is 0 Å². The number of phosphoric acid groups is 1. The number of hydrogen-bond donors (Lipinski definition) is 4. The molecule has 0 aromatic heterocycles. The minimum absolute atomic E-state index is 0.121. The molecule has 1 aromatic rings. The fourth-order valence-corrected chi connectivity index (χ4v) is 1.28. The molecule has 0 fully saturated rings. The Kier molecular flexibility index (Phi) is 3.79. The lowest BCUT2D eigenvalue weighted by atomic mass is 10.1. The third-order valence-corrected chi connectivity index (χ3v) is 1.84. The first-order valence-electron chi connectivity index (χ1n) is 4.19. The molecule has 1 aliphatic carbocycles. The third-order valence-electron chi connectivity index (χ3n) is 1.84. The van der Waals surface area contributed by atoms with Crippen LogP contribution in [0.1, 0.15) is 17.2 Å². The summed E-state index contributed by atoms with van der Waals surface area (Å²) in [7, 11) is -4.64. The van der Waals surface area contributed by atoms with E-state index in [2.05, 4.69) is 18.2 Å². The van der Waals surface area contributed by atoms with Gasteiger partial charge in [0.2, 0.25) is 0 Å². The normalized spacial score (nSPS) is 18.0. The largest absolute Gasteiger partial charge is 0.466 e. The van der Waals surface area contributed by atoms with Gasteiger partial charge in [0, 0.05) is 6.04 Å². The van der Waals surface area contributed by atoms with Crippen molar-refractivity contribution in [3.05, 3.63) is 41.5 Å². The Morgan fingerprint density at radius 3 is 2.27 bits per heavy atom. The van der Waals surface area contributed by atoms with Crippen LogP contribution in [0.3, 0.4) is 0 Å². The van der Waals surface area contributed by atoms with Crippen LogP contribution in [-0.2, 0) is 4.57 Å². The van der Waals surface area contributed by atoms with Crippen LogP contribution in [0.4, 0.5) is 0 Å². The van der Waals surface area contributed by atoms with Crippen molar-refractivity contribution in [3.63, 3.8) is 0 Å². The maximum atomic E-state index is 8.88. The molecule has 0 radical (unpaired) electrons. The van der Waals surface area contributed by atoms with Crippen molar-refractivity contribution in [3.8, 4) is 0 Å². The van der Waals surface area contributed by atoms with Crippen molar-refractivity contribution >= 4 is 13.9 Å². The zero-order valence-electron chi connectivity index (χ0n) is 7.82. The molecule has 82 valence electrons. The van der Waals surface area contributed by atoms with Crippen LogP contribution in [0.2, 0.25) is 0 Å². The maximum Gasteiger partial charge on any atom is 0.466 e. The van der Waals surface area contributed by atoms with Crippen LogP contribution in [0.5, 0.6) is 0 Å². The number of rotatable bonds is 0. The molecule has 15 heavy (non-hydrogen) atoms. The van der Waals surface area contributed by atoms with Crippen LogP contribution in [0.15, 0.2) is 30.3 Å². The Morgan fingerprint density at radius 1 is 1.20 bits per heavy atom. The van der Waals surface area contributed by atoms with Gasteiger partial charge in [-0.15, -0.1) is 0 Å². The van der Waals surface area contributed by atoms with E-state index in [1.54, 1.807) is 0 Å². The van der Waals surface area contributed by atoms with E-state index in [0.29, 0.717) is 0 Å². The van der Waals surface area contributed by atoms with Gasteiger partial charge in [0.25, 0.3) is 0 Å². The lowest BCUT2D eigenvalue weighted by molar-refractivity contribution is 0.275. The highest BCUT2D eigenvalue weighted by atomic mass is 31.2. The molecule has 0 aliphatic heterocycles. The van der Waals surface area contributed by atoms with Crippen molar-refractivity contribution in [2.45, 2.75) is 6.04 Å². The van der Waals surface area contributed by atoms with Crippen LogP contribution < -0.4 is 5.73 Å². The van der Waals surface area contributed by atoms with E-state index < -0.39 is 7.82 Å². The van der Waals surface area contributed by atoms with E-state index in [9.17, 15) is 0 Å². The zero-order valence-corrected chi connectivity index (χ0v) is 8.71. The molecule has 0 saturated carbocycles. The van der Waals surface area contributed by atoms with Crippen molar-refractivity contribution in [1.82, 2.24) is 0 Å². The molecule has 0 spiro atoms. The fraction of sp³-hybridized carbons (Fsp3) is 0.111. The SMILES string of the molecule is NC1C=Cc2ccccc21.O=P(O)(O)O. The van der Waals surface area contributed by atoms with Crippen LogP contribution in [-0.4, -0.2) is 14.7 Å². The predicted octanol–water partition coefficient (Wildman–Crippen LogP) is 0.785. The lowest BCUT2D eigenvalue weighted by Crippen LogP contribution is -2.03. The molecule has 1 aromatic carbocycles. The van der Waals surface area contributed by atoms with E-state index >= 15 is 0 Å². The average molecular weight is 229 g/mol. The highest BCUT2D eigenvalue weighted by Gasteiger charge is 2.10. The summed E-state index contributed by atoms with van der Waals surface area (Å²) in [6, 6.07) is 8.32. The summed E-state index contributed by atoms with van der Waals surface area (Å²) >= 11 is 0. The lowest BCUT2D eigenvalue weighted by Gasteiger charge is -2.01. The summed E-state index contributed by atoms with van der Waals surface area (Å²) in [5, 5.41) is 0. The molecular formula is C9H12NO4P. The predicted molar refractivity (Wildman–Crippen MR) is 56.7 cm³/mol. The van der Waals surface area contributed by atoms with Gasteiger partial charge in [-0.2, -0.15) is 0 Å². The first-order chi connectivity index (χ1) is 6.88. The van der Waals surface area contributed by atoms with Gasteiger partial charge >= 0.3 is 7.82 Å². The van der Waals surface area contributed by atoms with Gasteiger partial charge in [-0.3, -0.25) is 0 Å². The fourth-order valence-electron chi connectivity index (χ4n) is 1.28. The summed E-state index contributed by atoms with van der Waals surface area (Å²) in [4.78, 5) is 21.6. The molecule has 2 rings (SSSR count). The van der Waals surface area contributed by atoms with Gasteiger partial charge in [0.15, 0.2) is 0 Å². The standard InChI is InChI=1S/C9H9N.H3O4P/c10-9-6-5-7-3-1-2-4-8(7)9;1-5(2,3)4/h1-6,9H,10H2;(H3,1,2,3,4). The monoisotopic (exact) mass is 229 g/mol. The molecule has 0 heterocycles. The molecule has 0 bridgehead atoms. The van der Waals surface area contributed by atoms with Crippen molar-refractivity contribution < 1.29 is 19.2 Å². The number of benzene rings is 1. The smallest absolute Gasteiger partial charge is 0.321 e. The Hall–Kier alpha value is -0.970. The quantitative estimate of drug-likeness (QED) is 0.492. The molecule has 5 nitrogen and oxygen atoms in total. The van der Waals surface area contributed by atoms with Crippen LogP contribution >= 0.6 is 7.82 Å². The highest BCUT2D eigenvalue weighted by Crippen LogP contribution is 2.26. The summed E-state index contributed by atoms with van der Waals surface area (Å²) in [6.07, 6.45) is 4.09. The maximum absolute atomic E-state index is 8.88. The van der Waals surface area contributed by atoms with Gasteiger partial charge in [-0.25, -0.2) is 4.57 Å². The first kappa shape index (κ1) is 12.1. The highest BCUT2D eigenvalue weighted by molar-refractivity contribution is 7.45. The van der Waals surface area contributed by atoms with E-state index in [4.69, 9.17) is 25.0 Å². The van der Waals surface area contributed by atoms with Crippen molar-refractivity contribution in [2.24, 2.45) is 5.73 Å². The van der Waals surface area contributed by atoms with Gasteiger partial charge < -0.3 is 20.4 Å². The molecule has 1 atom stereocenters. The summed E-state index contributed by atoms with van der Waals surface area (Å²) in [5.41, 5.74) is 8.26. The summed E-state index contributed by atoms with van der Waals surface area (Å²) in [6.45, 7) is 0. The van der Waals surface area contributed by atoms with Gasteiger partial charge in [-0.1, -0.05) is 36.4 Å².